The van der Waals surface area contributed by atoms with Gasteiger partial charge in [0, 0.05) is 12.1 Å². The topological polar surface area (TPSA) is 44.5 Å². The van der Waals surface area contributed by atoms with Gasteiger partial charge in [0.05, 0.1) is 7.11 Å². The van der Waals surface area contributed by atoms with Gasteiger partial charge >= 0.3 is 6.18 Å². The van der Waals surface area contributed by atoms with E-state index in [-0.39, 0.29) is 12.3 Å². The summed E-state index contributed by atoms with van der Waals surface area (Å²) >= 11 is 0. The molecule has 90 valence electrons. The van der Waals surface area contributed by atoms with E-state index >= 15 is 0 Å². The van der Waals surface area contributed by atoms with Crippen LogP contribution >= 0.6 is 0 Å². The van der Waals surface area contributed by atoms with Crippen molar-refractivity contribution in [2.24, 2.45) is 5.73 Å². The maximum Gasteiger partial charge on any atom is 0.422 e. The molecule has 0 amide bonds. The number of rotatable bonds is 4. The number of methoxy groups -OCH3 is 1. The Morgan fingerprint density at radius 3 is 2.38 bits per heavy atom. The molecule has 0 aliphatic rings. The summed E-state index contributed by atoms with van der Waals surface area (Å²) < 4.78 is 45.5. The summed E-state index contributed by atoms with van der Waals surface area (Å²) in [6.45, 7) is -1.29. The van der Waals surface area contributed by atoms with E-state index in [0.29, 0.717) is 11.3 Å². The smallest absolute Gasteiger partial charge is 0.422 e. The molecular formula is C10H12F3NO2. The molecule has 0 aromatic heterocycles. The van der Waals surface area contributed by atoms with Crippen LogP contribution in [-0.4, -0.2) is 19.9 Å². The van der Waals surface area contributed by atoms with Crippen molar-refractivity contribution in [3.63, 3.8) is 0 Å². The van der Waals surface area contributed by atoms with Crippen molar-refractivity contribution < 1.29 is 22.6 Å². The van der Waals surface area contributed by atoms with Gasteiger partial charge in [-0.1, -0.05) is 6.07 Å². The van der Waals surface area contributed by atoms with Crippen LogP contribution in [0.15, 0.2) is 18.2 Å². The summed E-state index contributed by atoms with van der Waals surface area (Å²) in [6.07, 6.45) is -4.37. The maximum atomic E-state index is 12.0. The van der Waals surface area contributed by atoms with Crippen molar-refractivity contribution in [1.82, 2.24) is 0 Å². The third-order valence-corrected chi connectivity index (χ3v) is 1.91. The largest absolute Gasteiger partial charge is 0.496 e. The molecule has 1 rings (SSSR count). The van der Waals surface area contributed by atoms with Gasteiger partial charge in [0.2, 0.25) is 0 Å². The van der Waals surface area contributed by atoms with E-state index in [2.05, 4.69) is 4.74 Å². The molecule has 0 unspecified atom stereocenters. The first-order valence-electron chi connectivity index (χ1n) is 4.53. The fourth-order valence-electron chi connectivity index (χ4n) is 1.23. The number of alkyl halides is 3. The Bertz CT molecular complexity index is 352. The van der Waals surface area contributed by atoms with E-state index in [9.17, 15) is 13.2 Å². The Hall–Kier alpha value is -1.43. The molecule has 0 spiro atoms. The molecular weight excluding hydrogens is 223 g/mol. The predicted octanol–water partition coefficient (Wildman–Crippen LogP) is 2.10. The number of nitrogens with two attached hydrogens (primary N) is 1. The van der Waals surface area contributed by atoms with Crippen molar-refractivity contribution in [1.29, 1.82) is 0 Å². The highest BCUT2D eigenvalue weighted by Crippen LogP contribution is 2.29. The first kappa shape index (κ1) is 12.6. The third-order valence-electron chi connectivity index (χ3n) is 1.91. The van der Waals surface area contributed by atoms with Crippen LogP contribution in [0.25, 0.3) is 0 Å². The minimum absolute atomic E-state index is 0.0528. The maximum absolute atomic E-state index is 12.0. The molecule has 0 atom stereocenters. The van der Waals surface area contributed by atoms with E-state index in [4.69, 9.17) is 10.5 Å². The summed E-state index contributed by atoms with van der Waals surface area (Å²) in [5.74, 6) is 0.515. The van der Waals surface area contributed by atoms with E-state index in [0.717, 1.165) is 0 Å². The SMILES string of the molecule is COc1cccc(OCC(F)(F)F)c1CN. The standard InChI is InChI=1S/C10H12F3NO2/c1-15-8-3-2-4-9(7(8)5-14)16-6-10(11,12)13/h2-4H,5-6,14H2,1H3. The lowest BCUT2D eigenvalue weighted by Gasteiger charge is -2.14. The van der Waals surface area contributed by atoms with Crippen molar-refractivity contribution in [2.75, 3.05) is 13.7 Å². The minimum atomic E-state index is -4.37. The second-order valence-corrected chi connectivity index (χ2v) is 3.04. The number of ether oxygens (including phenoxy) is 2. The van der Waals surface area contributed by atoms with Crippen LogP contribution in [0.1, 0.15) is 5.56 Å². The quantitative estimate of drug-likeness (QED) is 0.869. The average Bonchev–Trinajstić information content (AvgIpc) is 2.24. The Balaban J connectivity index is 2.87. The summed E-state index contributed by atoms with van der Waals surface area (Å²) in [5.41, 5.74) is 5.85. The van der Waals surface area contributed by atoms with Gasteiger partial charge in [0.15, 0.2) is 6.61 Å². The van der Waals surface area contributed by atoms with Crippen LogP contribution in [0.5, 0.6) is 11.5 Å². The summed E-state index contributed by atoms with van der Waals surface area (Å²) in [4.78, 5) is 0. The molecule has 1 aromatic carbocycles. The first-order valence-corrected chi connectivity index (χ1v) is 4.53. The van der Waals surface area contributed by atoms with Crippen molar-refractivity contribution in [2.45, 2.75) is 12.7 Å². The molecule has 1 aromatic rings. The molecule has 0 saturated carbocycles. The molecule has 6 heteroatoms. The van der Waals surface area contributed by atoms with Crippen LogP contribution in [0.2, 0.25) is 0 Å². The fraction of sp³-hybridized carbons (Fsp3) is 0.400. The molecule has 0 saturated heterocycles. The van der Waals surface area contributed by atoms with Crippen LogP contribution < -0.4 is 15.2 Å². The lowest BCUT2D eigenvalue weighted by atomic mass is 10.2. The van der Waals surface area contributed by atoms with Gasteiger partial charge < -0.3 is 15.2 Å². The summed E-state index contributed by atoms with van der Waals surface area (Å²) in [7, 11) is 1.42. The van der Waals surface area contributed by atoms with Crippen LogP contribution in [-0.2, 0) is 6.54 Å². The molecule has 3 nitrogen and oxygen atoms in total. The normalized spacial score (nSPS) is 11.3. The number of benzene rings is 1. The van der Waals surface area contributed by atoms with Crippen molar-refractivity contribution >= 4 is 0 Å². The Morgan fingerprint density at radius 2 is 1.88 bits per heavy atom. The van der Waals surface area contributed by atoms with Gasteiger partial charge in [0.25, 0.3) is 0 Å². The van der Waals surface area contributed by atoms with Gasteiger partial charge in [-0.15, -0.1) is 0 Å². The van der Waals surface area contributed by atoms with Crippen LogP contribution in [0.4, 0.5) is 13.2 Å². The molecule has 0 aliphatic carbocycles. The highest BCUT2D eigenvalue weighted by atomic mass is 19.4. The highest BCUT2D eigenvalue weighted by Gasteiger charge is 2.29. The van der Waals surface area contributed by atoms with Crippen molar-refractivity contribution in [3.8, 4) is 11.5 Å². The predicted molar refractivity (Wildman–Crippen MR) is 52.4 cm³/mol. The lowest BCUT2D eigenvalue weighted by molar-refractivity contribution is -0.153. The van der Waals surface area contributed by atoms with Gasteiger partial charge in [-0.25, -0.2) is 0 Å². The van der Waals surface area contributed by atoms with Crippen molar-refractivity contribution in [3.05, 3.63) is 23.8 Å². The highest BCUT2D eigenvalue weighted by molar-refractivity contribution is 5.44. The van der Waals surface area contributed by atoms with Crippen LogP contribution in [0.3, 0.4) is 0 Å². The monoisotopic (exact) mass is 235 g/mol. The molecule has 16 heavy (non-hydrogen) atoms. The van der Waals surface area contributed by atoms with E-state index in [1.807, 2.05) is 0 Å². The van der Waals surface area contributed by atoms with E-state index in [1.165, 1.54) is 13.2 Å². The lowest BCUT2D eigenvalue weighted by Crippen LogP contribution is -2.20. The fourth-order valence-corrected chi connectivity index (χ4v) is 1.23. The van der Waals surface area contributed by atoms with Crippen LogP contribution in [0, 0.1) is 0 Å². The van der Waals surface area contributed by atoms with Gasteiger partial charge in [-0.2, -0.15) is 13.2 Å². The number of hydrogen-bond acceptors (Lipinski definition) is 3. The molecule has 0 radical (unpaired) electrons. The average molecular weight is 235 g/mol. The second kappa shape index (κ2) is 5.07. The Kier molecular flexibility index (Phi) is 4.00. The Morgan fingerprint density at radius 1 is 1.25 bits per heavy atom. The molecule has 0 aliphatic heterocycles. The number of hydrogen-bond donors (Lipinski definition) is 1. The number of halogens is 3. The third kappa shape index (κ3) is 3.30. The molecule has 0 bridgehead atoms. The van der Waals surface area contributed by atoms with E-state index < -0.39 is 12.8 Å². The van der Waals surface area contributed by atoms with Gasteiger partial charge in [0.1, 0.15) is 11.5 Å². The second-order valence-electron chi connectivity index (χ2n) is 3.04. The molecule has 0 fully saturated rings. The minimum Gasteiger partial charge on any atom is -0.496 e. The zero-order chi connectivity index (χ0) is 12.2. The molecule has 0 heterocycles. The Labute approximate surface area is 91.0 Å². The zero-order valence-electron chi connectivity index (χ0n) is 8.67. The zero-order valence-corrected chi connectivity index (χ0v) is 8.67. The molecule has 2 N–H and O–H groups in total. The first-order chi connectivity index (χ1) is 7.48. The summed E-state index contributed by atoms with van der Waals surface area (Å²) in [6, 6.07) is 4.59. The van der Waals surface area contributed by atoms with Gasteiger partial charge in [-0.05, 0) is 12.1 Å². The summed E-state index contributed by atoms with van der Waals surface area (Å²) in [5, 5.41) is 0. The van der Waals surface area contributed by atoms with E-state index in [1.54, 1.807) is 12.1 Å². The van der Waals surface area contributed by atoms with Gasteiger partial charge in [-0.3, -0.25) is 0 Å².